The molecule has 0 amide bonds. The van der Waals surface area contributed by atoms with E-state index < -0.39 is 11.9 Å². The van der Waals surface area contributed by atoms with Crippen molar-refractivity contribution in [1.82, 2.24) is 4.57 Å². The van der Waals surface area contributed by atoms with Gasteiger partial charge < -0.3 is 9.67 Å². The minimum absolute atomic E-state index is 0.115. The van der Waals surface area contributed by atoms with Crippen LogP contribution in [0.5, 0.6) is 0 Å². The molecule has 1 saturated carbocycles. The summed E-state index contributed by atoms with van der Waals surface area (Å²) in [7, 11) is 0. The molecule has 1 aromatic heterocycles. The minimum atomic E-state index is -0.740. The van der Waals surface area contributed by atoms with Gasteiger partial charge in [0.25, 0.3) is 0 Å². The number of carbonyl (C=O) groups is 1. The van der Waals surface area contributed by atoms with Crippen LogP contribution in [0.15, 0.2) is 48.7 Å². The second-order valence-electron chi connectivity index (χ2n) is 6.02. The molecule has 0 aliphatic heterocycles. The van der Waals surface area contributed by atoms with Crippen molar-refractivity contribution in [2.75, 3.05) is 0 Å². The summed E-state index contributed by atoms with van der Waals surface area (Å²) >= 11 is 11.4. The highest BCUT2D eigenvalue weighted by molar-refractivity contribution is 7.71. The Bertz CT molecular complexity index is 756. The molecule has 0 bridgehead atoms. The van der Waals surface area contributed by atoms with Crippen LogP contribution in [-0.4, -0.2) is 15.6 Å². The molecule has 23 heavy (non-hydrogen) atoms. The fourth-order valence-corrected chi connectivity index (χ4v) is 3.89. The zero-order valence-corrected chi connectivity index (χ0v) is 14.1. The summed E-state index contributed by atoms with van der Waals surface area (Å²) in [6.07, 6.45) is 4.20. The Morgan fingerprint density at radius 3 is 2.57 bits per heavy atom. The Morgan fingerprint density at radius 2 is 1.91 bits per heavy atom. The number of pyridine rings is 1. The highest BCUT2D eigenvalue weighted by Crippen LogP contribution is 2.42. The number of aliphatic carboxylic acids is 1. The maximum atomic E-state index is 11.7. The number of benzene rings is 1. The summed E-state index contributed by atoms with van der Waals surface area (Å²) in [4.78, 5) is 11.7. The van der Waals surface area contributed by atoms with Crippen LogP contribution in [-0.2, 0) is 4.79 Å². The van der Waals surface area contributed by atoms with Gasteiger partial charge in [-0.25, -0.2) is 0 Å². The number of halogens is 1. The molecule has 0 spiro atoms. The van der Waals surface area contributed by atoms with Crippen molar-refractivity contribution in [3.63, 3.8) is 0 Å². The maximum Gasteiger partial charge on any atom is 0.308 e. The molecule has 1 aromatic carbocycles. The number of hydrogen-bond donors (Lipinski definition) is 1. The highest BCUT2D eigenvalue weighted by Gasteiger charge is 2.36. The number of hydrogen-bond acceptors (Lipinski definition) is 2. The summed E-state index contributed by atoms with van der Waals surface area (Å²) in [5.41, 5.74) is 1.21. The first-order valence-corrected chi connectivity index (χ1v) is 8.50. The standard InChI is InChI=1S/C18H18ClNO2S/c19-14-7-4-12(5-8-14)13-6-9-15(18(21)22)16(11-13)20-10-2-1-3-17(20)23/h1-5,7-8,10,13,15-16H,6,9,11H2,(H,21,22). The molecule has 5 heteroatoms. The molecule has 1 aliphatic rings. The van der Waals surface area contributed by atoms with Crippen molar-refractivity contribution in [1.29, 1.82) is 0 Å². The molecule has 1 aliphatic carbocycles. The van der Waals surface area contributed by atoms with Crippen LogP contribution < -0.4 is 0 Å². The van der Waals surface area contributed by atoms with Crippen molar-refractivity contribution in [3.05, 3.63) is 63.9 Å². The normalized spacial score (nSPS) is 24.3. The third-order valence-electron chi connectivity index (χ3n) is 4.68. The van der Waals surface area contributed by atoms with Crippen molar-refractivity contribution in [2.45, 2.75) is 31.2 Å². The van der Waals surface area contributed by atoms with Gasteiger partial charge in [0, 0.05) is 17.3 Å². The molecule has 3 rings (SSSR count). The third-order valence-corrected chi connectivity index (χ3v) is 5.28. The molecule has 3 unspecified atom stereocenters. The fraction of sp³-hybridized carbons (Fsp3) is 0.333. The van der Waals surface area contributed by atoms with E-state index in [9.17, 15) is 9.90 Å². The van der Waals surface area contributed by atoms with Crippen molar-refractivity contribution in [3.8, 4) is 0 Å². The smallest absolute Gasteiger partial charge is 0.308 e. The summed E-state index contributed by atoms with van der Waals surface area (Å²) < 4.78 is 2.62. The van der Waals surface area contributed by atoms with E-state index in [0.29, 0.717) is 17.0 Å². The monoisotopic (exact) mass is 347 g/mol. The second kappa shape index (κ2) is 6.85. The zero-order chi connectivity index (χ0) is 16.4. The SMILES string of the molecule is O=C(O)C1CCC(c2ccc(Cl)cc2)CC1n1ccccc1=S. The lowest BCUT2D eigenvalue weighted by Crippen LogP contribution is -2.32. The van der Waals surface area contributed by atoms with E-state index in [1.807, 2.05) is 53.2 Å². The molecule has 0 saturated heterocycles. The van der Waals surface area contributed by atoms with Gasteiger partial charge in [-0.3, -0.25) is 4.79 Å². The molecule has 1 fully saturated rings. The van der Waals surface area contributed by atoms with Crippen LogP contribution >= 0.6 is 23.8 Å². The van der Waals surface area contributed by atoms with Crippen LogP contribution in [0.3, 0.4) is 0 Å². The first-order chi connectivity index (χ1) is 11.1. The average Bonchev–Trinajstić information content (AvgIpc) is 2.55. The van der Waals surface area contributed by atoms with Crippen LogP contribution in [0.2, 0.25) is 5.02 Å². The van der Waals surface area contributed by atoms with Gasteiger partial charge in [-0.1, -0.05) is 42.0 Å². The predicted molar refractivity (Wildman–Crippen MR) is 93.5 cm³/mol. The second-order valence-corrected chi connectivity index (χ2v) is 6.87. The van der Waals surface area contributed by atoms with Crippen molar-refractivity contribution >= 4 is 29.8 Å². The summed E-state index contributed by atoms with van der Waals surface area (Å²) in [5, 5.41) is 10.3. The van der Waals surface area contributed by atoms with Gasteiger partial charge >= 0.3 is 5.97 Å². The molecule has 120 valence electrons. The zero-order valence-electron chi connectivity index (χ0n) is 12.6. The van der Waals surface area contributed by atoms with Crippen LogP contribution in [0.4, 0.5) is 0 Å². The number of aromatic nitrogens is 1. The Balaban J connectivity index is 1.93. The Labute approximate surface area is 145 Å². The molecule has 1 N–H and O–H groups in total. The van der Waals surface area contributed by atoms with E-state index in [0.717, 1.165) is 17.9 Å². The Morgan fingerprint density at radius 1 is 1.17 bits per heavy atom. The molecule has 3 atom stereocenters. The van der Waals surface area contributed by atoms with E-state index in [-0.39, 0.29) is 6.04 Å². The number of rotatable bonds is 3. The number of carboxylic acid groups (broad SMARTS) is 1. The van der Waals surface area contributed by atoms with E-state index >= 15 is 0 Å². The lowest BCUT2D eigenvalue weighted by molar-refractivity contribution is -0.144. The summed E-state index contributed by atoms with van der Waals surface area (Å²) in [5.74, 6) is -0.807. The Hall–Kier alpha value is -1.65. The number of nitrogens with zero attached hydrogens (tertiary/aromatic N) is 1. The summed E-state index contributed by atoms with van der Waals surface area (Å²) in [6.45, 7) is 0. The van der Waals surface area contributed by atoms with Gasteiger partial charge in [-0.2, -0.15) is 0 Å². The van der Waals surface area contributed by atoms with E-state index in [1.54, 1.807) is 0 Å². The molecule has 0 radical (unpaired) electrons. The molecular weight excluding hydrogens is 330 g/mol. The molecule has 3 nitrogen and oxygen atoms in total. The first-order valence-electron chi connectivity index (χ1n) is 7.71. The van der Waals surface area contributed by atoms with E-state index in [4.69, 9.17) is 23.8 Å². The lowest BCUT2D eigenvalue weighted by atomic mass is 9.75. The van der Waals surface area contributed by atoms with Gasteiger partial charge in [0.15, 0.2) is 0 Å². The lowest BCUT2D eigenvalue weighted by Gasteiger charge is -2.35. The van der Waals surface area contributed by atoms with Crippen LogP contribution in [0.25, 0.3) is 0 Å². The van der Waals surface area contributed by atoms with E-state index in [1.165, 1.54) is 5.56 Å². The summed E-state index contributed by atoms with van der Waals surface area (Å²) in [6, 6.07) is 13.4. The van der Waals surface area contributed by atoms with Crippen LogP contribution in [0.1, 0.15) is 36.8 Å². The number of carboxylic acids is 1. The van der Waals surface area contributed by atoms with Gasteiger partial charge in [-0.15, -0.1) is 0 Å². The largest absolute Gasteiger partial charge is 0.481 e. The first kappa shape index (κ1) is 16.2. The quantitative estimate of drug-likeness (QED) is 0.787. The third kappa shape index (κ3) is 3.48. The van der Waals surface area contributed by atoms with Gasteiger partial charge in [0.1, 0.15) is 4.64 Å². The van der Waals surface area contributed by atoms with Crippen molar-refractivity contribution in [2.24, 2.45) is 5.92 Å². The topological polar surface area (TPSA) is 42.2 Å². The molecule has 1 heterocycles. The average molecular weight is 348 g/mol. The van der Waals surface area contributed by atoms with Gasteiger partial charge in [0.2, 0.25) is 0 Å². The maximum absolute atomic E-state index is 11.7. The Kier molecular flexibility index (Phi) is 4.83. The highest BCUT2D eigenvalue weighted by atomic mass is 35.5. The van der Waals surface area contributed by atoms with Crippen molar-refractivity contribution < 1.29 is 9.90 Å². The molecule has 2 aromatic rings. The van der Waals surface area contributed by atoms with Gasteiger partial charge in [-0.05, 0) is 55.0 Å². The molecular formula is C18H18ClNO2S. The fourth-order valence-electron chi connectivity index (χ4n) is 3.49. The minimum Gasteiger partial charge on any atom is -0.481 e. The van der Waals surface area contributed by atoms with E-state index in [2.05, 4.69) is 0 Å². The van der Waals surface area contributed by atoms with Gasteiger partial charge in [0.05, 0.1) is 5.92 Å². The van der Waals surface area contributed by atoms with Crippen LogP contribution in [0, 0.1) is 10.6 Å². The predicted octanol–water partition coefficient (Wildman–Crippen LogP) is 5.08.